The van der Waals surface area contributed by atoms with Crippen LogP contribution in [0.2, 0.25) is 0 Å². The molecule has 0 radical (unpaired) electrons. The van der Waals surface area contributed by atoms with Gasteiger partial charge in [-0.2, -0.15) is 0 Å². The zero-order chi connectivity index (χ0) is 42.6. The van der Waals surface area contributed by atoms with Crippen molar-refractivity contribution in [2.24, 2.45) is 0 Å². The summed E-state index contributed by atoms with van der Waals surface area (Å²) in [6.07, 6.45) is 0. The third-order valence-corrected chi connectivity index (χ3v) is 15.3. The number of hydrogen-bond donors (Lipinski definition) is 0. The van der Waals surface area contributed by atoms with Crippen molar-refractivity contribution in [2.45, 2.75) is 0 Å². The highest BCUT2D eigenvalue weighted by molar-refractivity contribution is 7.26. The van der Waals surface area contributed by atoms with Crippen molar-refractivity contribution < 1.29 is 0 Å². The molecule has 0 unspecified atom stereocenters. The van der Waals surface area contributed by atoms with Crippen LogP contribution in [0.25, 0.3) is 135 Å². The molecule has 6 heteroatoms. The summed E-state index contributed by atoms with van der Waals surface area (Å²) in [5, 5.41) is 12.4. The van der Waals surface area contributed by atoms with Crippen molar-refractivity contribution in [3.05, 3.63) is 206 Å². The van der Waals surface area contributed by atoms with Crippen LogP contribution in [0.5, 0.6) is 0 Å². The third-order valence-electron chi connectivity index (χ3n) is 13.0. The summed E-state index contributed by atoms with van der Waals surface area (Å²) in [4.78, 5) is 15.8. The summed E-state index contributed by atoms with van der Waals surface area (Å²) in [6, 6.07) is 74.6. The van der Waals surface area contributed by atoms with Gasteiger partial charge in [-0.3, -0.25) is 0 Å². The largest absolute Gasteiger partial charge is 0.309 e. The molecule has 0 fully saturated rings. The van der Waals surface area contributed by atoms with E-state index >= 15 is 0 Å². The lowest BCUT2D eigenvalue weighted by atomic mass is 9.94. The van der Waals surface area contributed by atoms with Crippen molar-refractivity contribution in [2.75, 3.05) is 0 Å². The Hall–Kier alpha value is -8.03. The molecular weight excluding hydrogens is 829 g/mol. The molecule has 302 valence electrons. The highest BCUT2D eigenvalue weighted by Crippen LogP contribution is 2.47. The van der Waals surface area contributed by atoms with Gasteiger partial charge in [0.2, 0.25) is 0 Å². The molecule has 10 aromatic carbocycles. The molecule has 0 atom stereocenters. The van der Waals surface area contributed by atoms with Crippen molar-refractivity contribution in [3.63, 3.8) is 0 Å². The van der Waals surface area contributed by atoms with E-state index < -0.39 is 0 Å². The first-order valence-electron chi connectivity index (χ1n) is 21.8. The number of fused-ring (bicyclic) bond motifs is 12. The van der Waals surface area contributed by atoms with Gasteiger partial charge in [-0.1, -0.05) is 133 Å². The molecular formula is C59H34N4S2. The van der Waals surface area contributed by atoms with Crippen LogP contribution in [-0.4, -0.2) is 19.5 Å². The Balaban J connectivity index is 1.07. The fourth-order valence-electron chi connectivity index (χ4n) is 10.0. The normalized spacial score (nSPS) is 12.0. The molecule has 14 rings (SSSR count). The first kappa shape index (κ1) is 36.5. The van der Waals surface area contributed by atoms with Gasteiger partial charge in [0.1, 0.15) is 0 Å². The SMILES string of the molecule is c1ccc(-c2nc(-c3ccc(-n4c5ccccc5c5cc6ccccc6cc54)c(-c4cccc5sc6ccc7ccccc7c6c45)c3)nc(-c3ccc4sc5ccccc5c4c3)n2)cc1. The maximum absolute atomic E-state index is 5.35. The first-order chi connectivity index (χ1) is 32.2. The third kappa shape index (κ3) is 5.71. The maximum atomic E-state index is 5.35. The lowest BCUT2D eigenvalue weighted by molar-refractivity contribution is 1.07. The summed E-state index contributed by atoms with van der Waals surface area (Å²) in [5.74, 6) is 1.90. The molecule has 0 bridgehead atoms. The van der Waals surface area contributed by atoms with Crippen LogP contribution in [0.3, 0.4) is 0 Å². The molecule has 0 spiro atoms. The molecule has 0 saturated carbocycles. The molecule has 0 saturated heterocycles. The Bertz CT molecular complexity index is 4250. The van der Waals surface area contributed by atoms with Crippen LogP contribution in [0.15, 0.2) is 206 Å². The fraction of sp³-hybridized carbons (Fsp3) is 0. The van der Waals surface area contributed by atoms with Gasteiger partial charge in [0, 0.05) is 73.4 Å². The van der Waals surface area contributed by atoms with E-state index in [0.717, 1.165) is 39.0 Å². The smallest absolute Gasteiger partial charge is 0.164 e. The van der Waals surface area contributed by atoms with E-state index in [1.165, 1.54) is 78.2 Å². The highest BCUT2D eigenvalue weighted by atomic mass is 32.1. The molecule has 4 heterocycles. The van der Waals surface area contributed by atoms with E-state index in [0.29, 0.717) is 17.5 Å². The van der Waals surface area contributed by atoms with Gasteiger partial charge in [0.05, 0.1) is 16.7 Å². The summed E-state index contributed by atoms with van der Waals surface area (Å²) >= 11 is 3.67. The molecule has 4 aromatic heterocycles. The van der Waals surface area contributed by atoms with E-state index in [1.807, 2.05) is 40.9 Å². The Labute approximate surface area is 381 Å². The number of benzene rings is 10. The number of rotatable bonds is 5. The van der Waals surface area contributed by atoms with Gasteiger partial charge in [-0.05, 0) is 99.9 Å². The number of para-hydroxylation sites is 1. The second kappa shape index (κ2) is 14.2. The van der Waals surface area contributed by atoms with Crippen molar-refractivity contribution in [3.8, 4) is 51.0 Å². The number of nitrogens with zero attached hydrogens (tertiary/aromatic N) is 4. The Kier molecular flexibility index (Phi) is 7.99. The number of thiophene rings is 2. The van der Waals surface area contributed by atoms with E-state index in [4.69, 9.17) is 15.0 Å². The molecule has 65 heavy (non-hydrogen) atoms. The zero-order valence-electron chi connectivity index (χ0n) is 34.7. The summed E-state index contributed by atoms with van der Waals surface area (Å²) in [5.41, 5.74) is 8.50. The first-order valence-corrected chi connectivity index (χ1v) is 23.5. The standard InChI is InChI=1S/C59H34N4S2/c1-2-14-36(15-3-1)57-60-58(62-59(61-57)40-27-29-52-47(33-40)43-20-9-11-23-51(43)64-52)39-25-28-49(63-48-22-10-8-19-42(48)45-31-37-16-4-5-17-38(37)34-50(45)63)46(32-39)44-21-12-24-53-56(44)55-41-18-7-6-13-35(41)26-30-54(55)65-53/h1-34H. The molecule has 0 aliphatic rings. The lowest BCUT2D eigenvalue weighted by Gasteiger charge is -2.17. The minimum Gasteiger partial charge on any atom is -0.309 e. The molecule has 4 nitrogen and oxygen atoms in total. The van der Waals surface area contributed by atoms with Gasteiger partial charge in [0.25, 0.3) is 0 Å². The topological polar surface area (TPSA) is 43.6 Å². The Morgan fingerprint density at radius 2 is 0.908 bits per heavy atom. The number of aromatic nitrogens is 4. The van der Waals surface area contributed by atoms with E-state index in [2.05, 4.69) is 193 Å². The summed E-state index contributed by atoms with van der Waals surface area (Å²) in [7, 11) is 0. The average Bonchev–Trinajstić information content (AvgIpc) is 4.05. The molecule has 0 aliphatic heterocycles. The molecule has 0 amide bonds. The minimum absolute atomic E-state index is 0.623. The minimum atomic E-state index is 0.623. The molecule has 0 aliphatic carbocycles. The van der Waals surface area contributed by atoms with Crippen LogP contribution >= 0.6 is 22.7 Å². The van der Waals surface area contributed by atoms with Gasteiger partial charge in [0.15, 0.2) is 17.5 Å². The van der Waals surface area contributed by atoms with Gasteiger partial charge in [-0.15, -0.1) is 22.7 Å². The monoisotopic (exact) mass is 862 g/mol. The fourth-order valence-corrected chi connectivity index (χ4v) is 12.3. The molecule has 14 aromatic rings. The molecule has 0 N–H and O–H groups in total. The van der Waals surface area contributed by atoms with Crippen molar-refractivity contribution >= 4 is 106 Å². The van der Waals surface area contributed by atoms with Crippen LogP contribution in [0, 0.1) is 0 Å². The van der Waals surface area contributed by atoms with Gasteiger partial charge < -0.3 is 4.57 Å². The maximum Gasteiger partial charge on any atom is 0.164 e. The van der Waals surface area contributed by atoms with Crippen molar-refractivity contribution in [1.82, 2.24) is 19.5 Å². The van der Waals surface area contributed by atoms with Crippen LogP contribution in [-0.2, 0) is 0 Å². The quantitative estimate of drug-likeness (QED) is 0.173. The Morgan fingerprint density at radius 3 is 1.75 bits per heavy atom. The number of hydrogen-bond acceptors (Lipinski definition) is 5. The van der Waals surface area contributed by atoms with Crippen LogP contribution < -0.4 is 0 Å². The zero-order valence-corrected chi connectivity index (χ0v) is 36.4. The second-order valence-corrected chi connectivity index (χ2v) is 18.9. The van der Waals surface area contributed by atoms with E-state index in [1.54, 1.807) is 0 Å². The average molecular weight is 863 g/mol. The summed E-state index contributed by atoms with van der Waals surface area (Å²) in [6.45, 7) is 0. The Morgan fingerprint density at radius 1 is 0.308 bits per heavy atom. The predicted octanol–water partition coefficient (Wildman–Crippen LogP) is 16.7. The predicted molar refractivity (Wildman–Crippen MR) is 277 cm³/mol. The van der Waals surface area contributed by atoms with Crippen LogP contribution in [0.1, 0.15) is 0 Å². The van der Waals surface area contributed by atoms with Crippen LogP contribution in [0.4, 0.5) is 0 Å². The van der Waals surface area contributed by atoms with E-state index in [9.17, 15) is 0 Å². The summed E-state index contributed by atoms with van der Waals surface area (Å²) < 4.78 is 7.51. The van der Waals surface area contributed by atoms with Gasteiger partial charge >= 0.3 is 0 Å². The van der Waals surface area contributed by atoms with Gasteiger partial charge in [-0.25, -0.2) is 15.0 Å². The second-order valence-electron chi connectivity index (χ2n) is 16.7. The lowest BCUT2D eigenvalue weighted by Crippen LogP contribution is -2.02. The van der Waals surface area contributed by atoms with Crippen molar-refractivity contribution in [1.29, 1.82) is 0 Å². The van der Waals surface area contributed by atoms with E-state index in [-0.39, 0.29) is 0 Å². The highest BCUT2D eigenvalue weighted by Gasteiger charge is 2.22.